The Bertz CT molecular complexity index is 1920. The highest BCUT2D eigenvalue weighted by Crippen LogP contribution is 2.31. The van der Waals surface area contributed by atoms with Gasteiger partial charge >= 0.3 is 5.82 Å². The summed E-state index contributed by atoms with van der Waals surface area (Å²) in [5, 5.41) is 13.3. The van der Waals surface area contributed by atoms with E-state index in [9.17, 15) is 18.4 Å². The number of anilines is 1. The van der Waals surface area contributed by atoms with Crippen LogP contribution in [0.5, 0.6) is 11.6 Å². The van der Waals surface area contributed by atoms with Gasteiger partial charge in [0.15, 0.2) is 6.20 Å². The summed E-state index contributed by atoms with van der Waals surface area (Å²) in [5.41, 5.74) is 3.35. The molecule has 0 radical (unpaired) electrons. The third-order valence-electron chi connectivity index (χ3n) is 8.68. The van der Waals surface area contributed by atoms with Gasteiger partial charge in [0.25, 0.3) is 15.9 Å². The van der Waals surface area contributed by atoms with Crippen molar-refractivity contribution < 1.29 is 27.4 Å². The van der Waals surface area contributed by atoms with E-state index in [1.165, 1.54) is 35.5 Å². The molecule has 0 unspecified atom stereocenters. The maximum atomic E-state index is 14.3. The molecule has 3 heterocycles. The molecule has 4 aromatic rings. The van der Waals surface area contributed by atoms with Gasteiger partial charge in [0.2, 0.25) is 17.6 Å². The lowest BCUT2D eigenvalue weighted by molar-refractivity contribution is -0.619. The van der Waals surface area contributed by atoms with Gasteiger partial charge in [0.1, 0.15) is 19.3 Å². The number of amides is 1. The second-order valence-corrected chi connectivity index (χ2v) is 14.6. The average molecular weight is 709 g/mol. The van der Waals surface area contributed by atoms with Crippen LogP contribution in [0.1, 0.15) is 73.3 Å². The molecule has 1 N–H and O–H groups in total. The second-order valence-electron chi connectivity index (χ2n) is 12.9. The number of benzene rings is 2. The Kier molecular flexibility index (Phi) is 10.9. The highest BCUT2D eigenvalue weighted by molar-refractivity contribution is 7.92. The number of sulfonamides is 1. The first-order chi connectivity index (χ1) is 23.0. The first-order valence-electron chi connectivity index (χ1n) is 16.2. The second kappa shape index (κ2) is 15.0. The summed E-state index contributed by atoms with van der Waals surface area (Å²) < 4.78 is 42.6. The fourth-order valence-corrected chi connectivity index (χ4v) is 7.34. The monoisotopic (exact) mass is 708 g/mol. The lowest BCUT2D eigenvalue weighted by Crippen LogP contribution is -2.47. The molecule has 49 heavy (non-hydrogen) atoms. The molecule has 2 aromatic carbocycles. The minimum atomic E-state index is -4.21. The molecule has 1 atom stereocenters. The van der Waals surface area contributed by atoms with Crippen molar-refractivity contribution in [2.45, 2.75) is 83.4 Å². The first-order valence-corrected chi connectivity index (χ1v) is 17.7. The Balaban J connectivity index is 0.00000468. The SMILES string of the molecule is Cc1cccc(C)c1-c1cc2nc(n1)NS(=O)(=O)c1cccc(c1)C(=O)N(Cc1ncc(OC3CCCC3)c[n+]1[O-])[C@H](CC(C)C)CO2.Cl. The van der Waals surface area contributed by atoms with Crippen molar-refractivity contribution in [2.75, 3.05) is 11.3 Å². The zero-order valence-corrected chi connectivity index (χ0v) is 29.6. The summed E-state index contributed by atoms with van der Waals surface area (Å²) in [6, 6.07) is 12.8. The molecule has 2 aliphatic rings. The fraction of sp³-hybridized carbons (Fsp3) is 0.400. The van der Waals surface area contributed by atoms with Crippen LogP contribution in [0.25, 0.3) is 11.3 Å². The lowest BCUT2D eigenvalue weighted by Gasteiger charge is -2.32. The molecular formula is C35H41ClN6O6S. The summed E-state index contributed by atoms with van der Waals surface area (Å²) in [7, 11) is -4.21. The van der Waals surface area contributed by atoms with Crippen molar-refractivity contribution in [3.05, 3.63) is 88.6 Å². The Hall–Kier alpha value is -4.49. The number of hydrogen-bond acceptors (Lipinski definition) is 9. The summed E-state index contributed by atoms with van der Waals surface area (Å²) in [6.07, 6.45) is 7.48. The summed E-state index contributed by atoms with van der Waals surface area (Å²) in [6.45, 7) is 7.84. The van der Waals surface area contributed by atoms with Crippen LogP contribution in [0.2, 0.25) is 0 Å². The molecule has 260 valence electrons. The summed E-state index contributed by atoms with van der Waals surface area (Å²) in [4.78, 5) is 29.1. The number of aryl methyl sites for hydroxylation is 2. The third-order valence-corrected chi connectivity index (χ3v) is 10.0. The average Bonchev–Trinajstić information content (AvgIpc) is 3.55. The maximum absolute atomic E-state index is 14.3. The molecule has 1 saturated carbocycles. The number of carbonyl (C=O) groups is 1. The standard InChI is InChI=1S/C35H40N6O6S.ClH/c1-22(2)15-26-21-46-32-17-30(33-23(3)9-7-10-24(33)4)37-35(38-32)39-48(44,45)29-14-8-11-25(16-29)34(42)40(26)20-31-36-18-28(19-41(31)43)47-27-12-5-6-13-27;/h7-11,14,16-19,22,26-27H,5-6,12-13,15,20-21H2,1-4H3,(H,37,38,39);1H/t26-;/m1./s1. The topological polar surface area (TPSA) is 151 Å². The first kappa shape index (κ1) is 35.8. The zero-order chi connectivity index (χ0) is 34.0. The van der Waals surface area contributed by atoms with Crippen molar-refractivity contribution in [1.29, 1.82) is 0 Å². The van der Waals surface area contributed by atoms with Crippen molar-refractivity contribution in [3.8, 4) is 22.9 Å². The van der Waals surface area contributed by atoms with Crippen LogP contribution in [-0.2, 0) is 16.6 Å². The van der Waals surface area contributed by atoms with Crippen LogP contribution in [-0.4, -0.2) is 52.9 Å². The van der Waals surface area contributed by atoms with Crippen molar-refractivity contribution in [3.63, 3.8) is 0 Å². The predicted octanol–water partition coefficient (Wildman–Crippen LogP) is 5.78. The quantitative estimate of drug-likeness (QED) is 0.186. The van der Waals surface area contributed by atoms with Crippen molar-refractivity contribution >= 4 is 34.3 Å². The van der Waals surface area contributed by atoms with Gasteiger partial charge in [-0.25, -0.2) is 22.9 Å². The van der Waals surface area contributed by atoms with Gasteiger partial charge in [-0.15, -0.1) is 12.4 Å². The van der Waals surface area contributed by atoms with Crippen LogP contribution in [0.3, 0.4) is 0 Å². The number of nitrogens with one attached hydrogen (secondary N) is 1. The van der Waals surface area contributed by atoms with Gasteiger partial charge in [0, 0.05) is 17.2 Å². The Labute approximate surface area is 293 Å². The van der Waals surface area contributed by atoms with E-state index in [2.05, 4.69) is 19.7 Å². The lowest BCUT2D eigenvalue weighted by atomic mass is 10.00. The van der Waals surface area contributed by atoms with Crippen LogP contribution in [0.15, 0.2) is 65.8 Å². The van der Waals surface area contributed by atoms with Crippen LogP contribution >= 0.6 is 12.4 Å². The van der Waals surface area contributed by atoms with Gasteiger partial charge < -0.3 is 19.6 Å². The molecule has 6 rings (SSSR count). The number of halogens is 1. The normalized spacial score (nSPS) is 17.6. The number of hydrogen-bond donors (Lipinski definition) is 1. The van der Waals surface area contributed by atoms with Gasteiger partial charge in [-0.2, -0.15) is 4.98 Å². The molecule has 1 aliphatic carbocycles. The smallest absolute Gasteiger partial charge is 0.321 e. The molecular weight excluding hydrogens is 668 g/mol. The maximum Gasteiger partial charge on any atom is 0.321 e. The zero-order valence-electron chi connectivity index (χ0n) is 28.0. The predicted molar refractivity (Wildman–Crippen MR) is 186 cm³/mol. The minimum absolute atomic E-state index is 0. The number of rotatable bonds is 7. The van der Waals surface area contributed by atoms with E-state index in [0.717, 1.165) is 42.4 Å². The largest absolute Gasteiger partial charge is 0.711 e. The van der Waals surface area contributed by atoms with Crippen LogP contribution in [0, 0.1) is 25.0 Å². The number of ether oxygens (including phenoxy) is 2. The molecule has 4 bridgehead atoms. The van der Waals surface area contributed by atoms with Gasteiger partial charge in [-0.1, -0.05) is 38.1 Å². The summed E-state index contributed by atoms with van der Waals surface area (Å²) >= 11 is 0. The highest BCUT2D eigenvalue weighted by atomic mass is 35.5. The molecule has 12 nitrogen and oxygen atoms in total. The van der Waals surface area contributed by atoms with Gasteiger partial charge in [0.05, 0.1) is 22.7 Å². The van der Waals surface area contributed by atoms with E-state index in [4.69, 9.17) is 9.47 Å². The van der Waals surface area contributed by atoms with E-state index >= 15 is 0 Å². The van der Waals surface area contributed by atoms with Crippen molar-refractivity contribution in [2.24, 2.45) is 5.92 Å². The van der Waals surface area contributed by atoms with E-state index in [-0.39, 0.29) is 65.7 Å². The molecule has 1 amide bonds. The number of aromatic nitrogens is 4. The van der Waals surface area contributed by atoms with E-state index in [0.29, 0.717) is 22.6 Å². The number of fused-ring (bicyclic) bond motifs is 4. The third kappa shape index (κ3) is 8.22. The molecule has 1 fully saturated rings. The van der Waals surface area contributed by atoms with Crippen molar-refractivity contribution in [1.82, 2.24) is 19.9 Å². The van der Waals surface area contributed by atoms with E-state index in [1.807, 2.05) is 45.9 Å². The molecule has 0 spiro atoms. The van der Waals surface area contributed by atoms with Gasteiger partial charge in [-0.05, 0) is 86.2 Å². The molecule has 1 aliphatic heterocycles. The molecule has 0 saturated heterocycles. The number of carbonyl (C=O) groups excluding carboxylic acids is 1. The Morgan fingerprint density at radius 1 is 1.08 bits per heavy atom. The van der Waals surface area contributed by atoms with E-state index in [1.54, 1.807) is 12.1 Å². The molecule has 2 aromatic heterocycles. The number of nitrogens with zero attached hydrogens (tertiary/aromatic N) is 5. The summed E-state index contributed by atoms with van der Waals surface area (Å²) in [5.74, 6) is 0.116. The van der Waals surface area contributed by atoms with Crippen LogP contribution < -0.4 is 18.9 Å². The van der Waals surface area contributed by atoms with E-state index < -0.39 is 22.0 Å². The fourth-order valence-electron chi connectivity index (χ4n) is 6.35. The minimum Gasteiger partial charge on any atom is -0.711 e. The molecule has 14 heteroatoms. The van der Waals surface area contributed by atoms with Gasteiger partial charge in [-0.3, -0.25) is 4.79 Å². The van der Waals surface area contributed by atoms with Crippen LogP contribution in [0.4, 0.5) is 5.95 Å². The Morgan fingerprint density at radius 3 is 2.49 bits per heavy atom. The highest BCUT2D eigenvalue weighted by Gasteiger charge is 2.32. The Morgan fingerprint density at radius 2 is 1.80 bits per heavy atom.